The molecule has 0 spiro atoms. The number of nitrogens with zero attached hydrogens (tertiary/aromatic N) is 2. The van der Waals surface area contributed by atoms with E-state index in [2.05, 4.69) is 20.5 Å². The second kappa shape index (κ2) is 12.2. The topological polar surface area (TPSA) is 66.0 Å². The first-order chi connectivity index (χ1) is 12.9. The molecule has 1 aromatic carbocycles. The highest BCUT2D eigenvalue weighted by atomic mass is 127. The highest BCUT2D eigenvalue weighted by molar-refractivity contribution is 14.0. The number of guanidine groups is 1. The first-order valence-electron chi connectivity index (χ1n) is 9.62. The molecule has 8 heteroatoms. The fourth-order valence-electron chi connectivity index (χ4n) is 2.96. The lowest BCUT2D eigenvalue weighted by Gasteiger charge is -2.38. The Morgan fingerprint density at radius 3 is 2.57 bits per heavy atom. The summed E-state index contributed by atoms with van der Waals surface area (Å²) in [4.78, 5) is 18.5. The van der Waals surface area contributed by atoms with Gasteiger partial charge < -0.3 is 20.3 Å². The SMILES string of the molecule is CCNC(=NCCNC(=O)C(C)C)N1CC(C)OC(c2ccc(F)cc2)C1.I. The Hall–Kier alpha value is -1.42. The van der Waals surface area contributed by atoms with Crippen molar-refractivity contribution in [2.45, 2.75) is 39.9 Å². The van der Waals surface area contributed by atoms with Crippen LogP contribution in [0, 0.1) is 11.7 Å². The average molecular weight is 506 g/mol. The molecular formula is C20H32FIN4O2. The van der Waals surface area contributed by atoms with Crippen molar-refractivity contribution in [1.82, 2.24) is 15.5 Å². The maximum absolute atomic E-state index is 13.2. The van der Waals surface area contributed by atoms with Gasteiger partial charge in [-0.15, -0.1) is 24.0 Å². The molecule has 1 aliphatic rings. The minimum absolute atomic E-state index is 0. The van der Waals surface area contributed by atoms with Crippen LogP contribution >= 0.6 is 24.0 Å². The maximum Gasteiger partial charge on any atom is 0.222 e. The molecule has 158 valence electrons. The number of rotatable bonds is 6. The molecule has 6 nitrogen and oxygen atoms in total. The molecule has 1 amide bonds. The minimum Gasteiger partial charge on any atom is -0.367 e. The molecule has 1 fully saturated rings. The van der Waals surface area contributed by atoms with Crippen LogP contribution in [0.15, 0.2) is 29.3 Å². The number of nitrogens with one attached hydrogen (secondary N) is 2. The van der Waals surface area contributed by atoms with E-state index in [1.54, 1.807) is 12.1 Å². The second-order valence-corrected chi connectivity index (χ2v) is 7.07. The van der Waals surface area contributed by atoms with Gasteiger partial charge in [0, 0.05) is 25.6 Å². The summed E-state index contributed by atoms with van der Waals surface area (Å²) in [5.41, 5.74) is 0.952. The van der Waals surface area contributed by atoms with Gasteiger partial charge in [0.1, 0.15) is 11.9 Å². The van der Waals surface area contributed by atoms with Crippen molar-refractivity contribution >= 4 is 35.8 Å². The summed E-state index contributed by atoms with van der Waals surface area (Å²) in [5, 5.41) is 6.19. The summed E-state index contributed by atoms with van der Waals surface area (Å²) in [6, 6.07) is 6.45. The Labute approximate surface area is 184 Å². The summed E-state index contributed by atoms with van der Waals surface area (Å²) in [6.07, 6.45) is -0.114. The number of ether oxygens (including phenoxy) is 1. The van der Waals surface area contributed by atoms with Crippen molar-refractivity contribution < 1.29 is 13.9 Å². The number of morpholine rings is 1. The van der Waals surface area contributed by atoms with Crippen LogP contribution in [0.25, 0.3) is 0 Å². The van der Waals surface area contributed by atoms with E-state index in [1.807, 2.05) is 27.7 Å². The Morgan fingerprint density at radius 1 is 1.29 bits per heavy atom. The zero-order valence-corrected chi connectivity index (χ0v) is 19.4. The number of carbonyl (C=O) groups excluding carboxylic acids is 1. The second-order valence-electron chi connectivity index (χ2n) is 7.07. The molecule has 2 N–H and O–H groups in total. The molecule has 0 bridgehead atoms. The van der Waals surface area contributed by atoms with E-state index in [4.69, 9.17) is 4.74 Å². The predicted molar refractivity (Wildman–Crippen MR) is 121 cm³/mol. The number of halogens is 2. The lowest BCUT2D eigenvalue weighted by molar-refractivity contribution is -0.123. The summed E-state index contributed by atoms with van der Waals surface area (Å²) in [6.45, 7) is 10.9. The molecule has 0 aromatic heterocycles. The largest absolute Gasteiger partial charge is 0.367 e. The van der Waals surface area contributed by atoms with E-state index in [-0.39, 0.29) is 53.8 Å². The number of aliphatic imine (C=N–C) groups is 1. The van der Waals surface area contributed by atoms with Gasteiger partial charge >= 0.3 is 0 Å². The van der Waals surface area contributed by atoms with Crippen LogP contribution in [0.5, 0.6) is 0 Å². The number of amides is 1. The van der Waals surface area contributed by atoms with Crippen LogP contribution in [0.3, 0.4) is 0 Å². The molecule has 0 saturated carbocycles. The van der Waals surface area contributed by atoms with Crippen molar-refractivity contribution in [3.8, 4) is 0 Å². The van der Waals surface area contributed by atoms with Crippen LogP contribution in [0.1, 0.15) is 39.4 Å². The lowest BCUT2D eigenvalue weighted by atomic mass is 10.1. The quantitative estimate of drug-likeness (QED) is 0.270. The van der Waals surface area contributed by atoms with Crippen LogP contribution in [0.4, 0.5) is 4.39 Å². The van der Waals surface area contributed by atoms with Gasteiger partial charge in [0.05, 0.1) is 19.2 Å². The van der Waals surface area contributed by atoms with Crippen LogP contribution in [0.2, 0.25) is 0 Å². The van der Waals surface area contributed by atoms with E-state index < -0.39 is 0 Å². The van der Waals surface area contributed by atoms with Crippen molar-refractivity contribution in [1.29, 1.82) is 0 Å². The van der Waals surface area contributed by atoms with Crippen LogP contribution < -0.4 is 10.6 Å². The fraction of sp³-hybridized carbons (Fsp3) is 0.600. The third-order valence-electron chi connectivity index (χ3n) is 4.33. The summed E-state index contributed by atoms with van der Waals surface area (Å²) in [5.74, 6) is 0.557. The van der Waals surface area contributed by atoms with Gasteiger partial charge in [0.2, 0.25) is 5.91 Å². The van der Waals surface area contributed by atoms with E-state index in [0.29, 0.717) is 19.6 Å². The molecule has 1 aromatic rings. The van der Waals surface area contributed by atoms with Crippen molar-refractivity contribution in [3.05, 3.63) is 35.6 Å². The lowest BCUT2D eigenvalue weighted by Crippen LogP contribution is -2.51. The summed E-state index contributed by atoms with van der Waals surface area (Å²) in [7, 11) is 0. The maximum atomic E-state index is 13.2. The Kier molecular flexibility index (Phi) is 10.7. The van der Waals surface area contributed by atoms with Gasteiger partial charge in [-0.1, -0.05) is 26.0 Å². The van der Waals surface area contributed by atoms with E-state index >= 15 is 0 Å². The molecular weight excluding hydrogens is 474 g/mol. The summed E-state index contributed by atoms with van der Waals surface area (Å²) < 4.78 is 19.3. The van der Waals surface area contributed by atoms with E-state index in [1.165, 1.54) is 12.1 Å². The molecule has 0 aliphatic carbocycles. The van der Waals surface area contributed by atoms with Crippen molar-refractivity contribution in [3.63, 3.8) is 0 Å². The standard InChI is InChI=1S/C20H31FN4O2.HI/c1-5-22-20(24-11-10-23-19(26)14(2)3)25-12-15(4)27-18(13-25)16-6-8-17(21)9-7-16;/h6-9,14-15,18H,5,10-13H2,1-4H3,(H,22,24)(H,23,26);1H. The van der Waals surface area contributed by atoms with Crippen LogP contribution in [-0.4, -0.2) is 55.6 Å². The van der Waals surface area contributed by atoms with Gasteiger partial charge in [0.25, 0.3) is 0 Å². The molecule has 1 aliphatic heterocycles. The molecule has 1 saturated heterocycles. The third-order valence-corrected chi connectivity index (χ3v) is 4.33. The molecule has 28 heavy (non-hydrogen) atoms. The van der Waals surface area contributed by atoms with E-state index in [9.17, 15) is 9.18 Å². The zero-order chi connectivity index (χ0) is 19.8. The highest BCUT2D eigenvalue weighted by Gasteiger charge is 2.28. The first kappa shape index (κ1) is 24.6. The predicted octanol–water partition coefficient (Wildman–Crippen LogP) is 2.94. The Balaban J connectivity index is 0.00000392. The van der Waals surface area contributed by atoms with Gasteiger partial charge in [-0.2, -0.15) is 0 Å². The normalized spacial score (nSPS) is 19.9. The Bertz CT molecular complexity index is 640. The highest BCUT2D eigenvalue weighted by Crippen LogP contribution is 2.25. The molecule has 2 unspecified atom stereocenters. The van der Waals surface area contributed by atoms with Crippen LogP contribution in [-0.2, 0) is 9.53 Å². The van der Waals surface area contributed by atoms with Crippen molar-refractivity contribution in [2.24, 2.45) is 10.9 Å². The average Bonchev–Trinajstić information content (AvgIpc) is 2.64. The minimum atomic E-state index is -0.252. The van der Waals surface area contributed by atoms with Gasteiger partial charge in [-0.05, 0) is 31.5 Å². The number of hydrogen-bond acceptors (Lipinski definition) is 3. The van der Waals surface area contributed by atoms with Gasteiger partial charge in [0.15, 0.2) is 5.96 Å². The molecule has 2 atom stereocenters. The number of carbonyl (C=O) groups is 1. The fourth-order valence-corrected chi connectivity index (χ4v) is 2.96. The van der Waals surface area contributed by atoms with Gasteiger partial charge in [-0.3, -0.25) is 9.79 Å². The summed E-state index contributed by atoms with van der Waals surface area (Å²) >= 11 is 0. The molecule has 0 radical (unpaired) electrons. The third kappa shape index (κ3) is 7.54. The number of benzene rings is 1. The van der Waals surface area contributed by atoms with E-state index in [0.717, 1.165) is 24.6 Å². The van der Waals surface area contributed by atoms with Gasteiger partial charge in [-0.25, -0.2) is 4.39 Å². The first-order valence-corrected chi connectivity index (χ1v) is 9.62. The smallest absolute Gasteiger partial charge is 0.222 e. The van der Waals surface area contributed by atoms with Crippen molar-refractivity contribution in [2.75, 3.05) is 32.7 Å². The zero-order valence-electron chi connectivity index (χ0n) is 17.1. The Morgan fingerprint density at radius 2 is 1.96 bits per heavy atom. The molecule has 1 heterocycles. The number of hydrogen-bond donors (Lipinski definition) is 2. The molecule has 2 rings (SSSR count). The monoisotopic (exact) mass is 506 g/mol.